The molecular formula is C21H26FN7O2. The van der Waals surface area contributed by atoms with E-state index in [-0.39, 0.29) is 12.6 Å². The Kier molecular flexibility index (Phi) is 5.99. The predicted molar refractivity (Wildman–Crippen MR) is 114 cm³/mol. The third-order valence-electron chi connectivity index (χ3n) is 5.17. The van der Waals surface area contributed by atoms with Crippen molar-refractivity contribution in [3.8, 4) is 0 Å². The molecule has 31 heavy (non-hydrogen) atoms. The van der Waals surface area contributed by atoms with Gasteiger partial charge in [-0.05, 0) is 33.1 Å². The average molecular weight is 427 g/mol. The van der Waals surface area contributed by atoms with Crippen molar-refractivity contribution in [3.05, 3.63) is 47.8 Å². The lowest BCUT2D eigenvalue weighted by molar-refractivity contribution is 0.0528. The fourth-order valence-corrected chi connectivity index (χ4v) is 3.69. The second-order valence-corrected chi connectivity index (χ2v) is 7.57. The fourth-order valence-electron chi connectivity index (χ4n) is 3.69. The van der Waals surface area contributed by atoms with Crippen LogP contribution in [0.25, 0.3) is 5.65 Å². The Morgan fingerprint density at radius 3 is 2.90 bits per heavy atom. The molecular weight excluding hydrogens is 401 g/mol. The summed E-state index contributed by atoms with van der Waals surface area (Å²) in [7, 11) is 0. The lowest BCUT2D eigenvalue weighted by Gasteiger charge is -2.32. The number of fused-ring (bicyclic) bond motifs is 1. The summed E-state index contributed by atoms with van der Waals surface area (Å²) in [6, 6.07) is 3.35. The van der Waals surface area contributed by atoms with Gasteiger partial charge in [-0.15, -0.1) is 0 Å². The molecule has 0 bridgehead atoms. The highest BCUT2D eigenvalue weighted by Crippen LogP contribution is 2.30. The molecule has 0 spiro atoms. The van der Waals surface area contributed by atoms with Gasteiger partial charge in [0.1, 0.15) is 11.4 Å². The minimum atomic E-state index is -0.465. The van der Waals surface area contributed by atoms with Gasteiger partial charge in [0.15, 0.2) is 11.5 Å². The first kappa shape index (κ1) is 21.0. The number of rotatable bonds is 7. The van der Waals surface area contributed by atoms with Crippen LogP contribution in [0.4, 0.5) is 15.9 Å². The molecule has 1 aliphatic heterocycles. The Morgan fingerprint density at radius 2 is 2.13 bits per heavy atom. The van der Waals surface area contributed by atoms with Gasteiger partial charge in [0.2, 0.25) is 0 Å². The molecule has 4 heterocycles. The SMILES string of the molecule is CCOC(=O)c1cnn2ccc(N3CCCN3c3cc(F)cnc3CC[C@@H](C)N)nc12. The van der Waals surface area contributed by atoms with Gasteiger partial charge in [0.05, 0.1) is 30.4 Å². The number of aromatic nitrogens is 4. The van der Waals surface area contributed by atoms with E-state index in [2.05, 4.69) is 15.1 Å². The van der Waals surface area contributed by atoms with Crippen LogP contribution in [0.15, 0.2) is 30.7 Å². The number of hydrogen-bond acceptors (Lipinski definition) is 8. The molecule has 3 aromatic rings. The van der Waals surface area contributed by atoms with E-state index in [1.807, 2.05) is 23.0 Å². The number of pyridine rings is 1. The van der Waals surface area contributed by atoms with Crippen molar-refractivity contribution >= 4 is 23.1 Å². The van der Waals surface area contributed by atoms with Crippen LogP contribution in [-0.2, 0) is 11.2 Å². The smallest absolute Gasteiger partial charge is 0.343 e. The number of carbonyl (C=O) groups is 1. The monoisotopic (exact) mass is 427 g/mol. The van der Waals surface area contributed by atoms with Gasteiger partial charge in [-0.25, -0.2) is 18.7 Å². The summed E-state index contributed by atoms with van der Waals surface area (Å²) in [6.45, 7) is 5.37. The van der Waals surface area contributed by atoms with E-state index in [9.17, 15) is 9.18 Å². The first-order valence-electron chi connectivity index (χ1n) is 10.4. The van der Waals surface area contributed by atoms with Gasteiger partial charge < -0.3 is 10.5 Å². The van der Waals surface area contributed by atoms with Crippen LogP contribution in [0.5, 0.6) is 0 Å². The zero-order chi connectivity index (χ0) is 22.0. The summed E-state index contributed by atoms with van der Waals surface area (Å²) < 4.78 is 20.7. The Bertz CT molecular complexity index is 1080. The van der Waals surface area contributed by atoms with Gasteiger partial charge in [0.25, 0.3) is 0 Å². The molecule has 9 nitrogen and oxygen atoms in total. The Labute approximate surface area is 179 Å². The van der Waals surface area contributed by atoms with Crippen LogP contribution >= 0.6 is 0 Å². The number of anilines is 2. The van der Waals surface area contributed by atoms with Crippen molar-refractivity contribution in [2.24, 2.45) is 5.73 Å². The topological polar surface area (TPSA) is 102 Å². The van der Waals surface area contributed by atoms with Crippen LogP contribution in [0, 0.1) is 5.82 Å². The van der Waals surface area contributed by atoms with E-state index in [1.165, 1.54) is 23.0 Å². The quantitative estimate of drug-likeness (QED) is 0.574. The Balaban J connectivity index is 1.69. The molecule has 0 amide bonds. The first-order chi connectivity index (χ1) is 15.0. The first-order valence-corrected chi connectivity index (χ1v) is 10.4. The molecule has 2 N–H and O–H groups in total. The number of hydrogen-bond donors (Lipinski definition) is 1. The molecule has 1 saturated heterocycles. The summed E-state index contributed by atoms with van der Waals surface area (Å²) in [6.07, 6.45) is 6.72. The zero-order valence-electron chi connectivity index (χ0n) is 17.7. The second-order valence-electron chi connectivity index (χ2n) is 7.57. The van der Waals surface area contributed by atoms with Crippen LogP contribution in [0.1, 0.15) is 42.7 Å². The number of halogens is 1. The third kappa shape index (κ3) is 4.29. The summed E-state index contributed by atoms with van der Waals surface area (Å²) >= 11 is 0. The highest BCUT2D eigenvalue weighted by Gasteiger charge is 2.27. The van der Waals surface area contributed by atoms with Crippen molar-refractivity contribution < 1.29 is 13.9 Å². The highest BCUT2D eigenvalue weighted by atomic mass is 19.1. The van der Waals surface area contributed by atoms with E-state index in [4.69, 9.17) is 10.5 Å². The minimum Gasteiger partial charge on any atom is -0.462 e. The average Bonchev–Trinajstić information content (AvgIpc) is 3.39. The minimum absolute atomic E-state index is 0.0293. The van der Waals surface area contributed by atoms with Crippen molar-refractivity contribution in [1.29, 1.82) is 0 Å². The highest BCUT2D eigenvalue weighted by molar-refractivity contribution is 5.95. The molecule has 164 valence electrons. The zero-order valence-corrected chi connectivity index (χ0v) is 17.7. The largest absolute Gasteiger partial charge is 0.462 e. The van der Waals surface area contributed by atoms with Gasteiger partial charge in [-0.3, -0.25) is 15.0 Å². The van der Waals surface area contributed by atoms with Crippen molar-refractivity contribution in [2.75, 3.05) is 29.7 Å². The standard InChI is InChI=1S/C21H26FN7O2/c1-3-31-21(30)16-13-25-27-10-7-19(26-20(16)27)29-9-4-8-28(29)18-11-15(22)12-24-17(18)6-5-14(2)23/h7,10-14H,3-6,8-9,23H2,1-2H3/t14-/m1/s1. The molecule has 0 radical (unpaired) electrons. The van der Waals surface area contributed by atoms with E-state index in [0.717, 1.165) is 18.5 Å². The van der Waals surface area contributed by atoms with Gasteiger partial charge in [0, 0.05) is 37.5 Å². The molecule has 0 unspecified atom stereocenters. The molecule has 3 aromatic heterocycles. The molecule has 10 heteroatoms. The summed E-state index contributed by atoms with van der Waals surface area (Å²) in [4.78, 5) is 21.2. The number of hydrazine groups is 1. The number of nitrogens with zero attached hydrogens (tertiary/aromatic N) is 6. The summed E-state index contributed by atoms with van der Waals surface area (Å²) in [5, 5.41) is 8.16. The van der Waals surface area contributed by atoms with Crippen LogP contribution in [0.3, 0.4) is 0 Å². The Hall–Kier alpha value is -3.27. The van der Waals surface area contributed by atoms with Crippen LogP contribution < -0.4 is 15.8 Å². The van der Waals surface area contributed by atoms with Gasteiger partial charge in [-0.1, -0.05) is 0 Å². The number of ether oxygens (including phenoxy) is 1. The third-order valence-corrected chi connectivity index (χ3v) is 5.17. The fraction of sp³-hybridized carbons (Fsp3) is 0.429. The molecule has 0 aromatic carbocycles. The second kappa shape index (κ2) is 8.84. The number of aryl methyl sites for hydroxylation is 1. The molecule has 4 rings (SSSR count). The van der Waals surface area contributed by atoms with Crippen molar-refractivity contribution in [3.63, 3.8) is 0 Å². The maximum Gasteiger partial charge on any atom is 0.343 e. The molecule has 0 aliphatic carbocycles. The number of nitrogens with two attached hydrogens (primary N) is 1. The number of carbonyl (C=O) groups excluding carboxylic acids is 1. The molecule has 0 saturated carbocycles. The van der Waals surface area contributed by atoms with Gasteiger partial charge >= 0.3 is 5.97 Å². The van der Waals surface area contributed by atoms with Crippen molar-refractivity contribution in [2.45, 2.75) is 39.2 Å². The maximum absolute atomic E-state index is 14.1. The van der Waals surface area contributed by atoms with Crippen LogP contribution in [-0.4, -0.2) is 51.3 Å². The number of esters is 1. The van der Waals surface area contributed by atoms with Gasteiger partial charge in [-0.2, -0.15) is 5.10 Å². The Morgan fingerprint density at radius 1 is 1.32 bits per heavy atom. The van der Waals surface area contributed by atoms with E-state index in [0.29, 0.717) is 42.2 Å². The molecule has 1 fully saturated rings. The normalized spacial score (nSPS) is 15.0. The lowest BCUT2D eigenvalue weighted by Crippen LogP contribution is -2.38. The van der Waals surface area contributed by atoms with E-state index >= 15 is 0 Å². The van der Waals surface area contributed by atoms with Crippen LogP contribution in [0.2, 0.25) is 0 Å². The predicted octanol–water partition coefficient (Wildman–Crippen LogP) is 2.35. The maximum atomic E-state index is 14.1. The van der Waals surface area contributed by atoms with E-state index < -0.39 is 11.8 Å². The lowest BCUT2D eigenvalue weighted by atomic mass is 10.1. The summed E-state index contributed by atoms with van der Waals surface area (Å²) in [5.74, 6) is -0.221. The molecule has 1 aliphatic rings. The van der Waals surface area contributed by atoms with E-state index in [1.54, 1.807) is 13.1 Å². The van der Waals surface area contributed by atoms with Crippen molar-refractivity contribution in [1.82, 2.24) is 19.6 Å². The summed E-state index contributed by atoms with van der Waals surface area (Å²) in [5.41, 5.74) is 8.13. The molecule has 1 atom stereocenters.